The maximum absolute atomic E-state index is 4.68. The first-order valence-electron chi connectivity index (χ1n) is 6.80. The van der Waals surface area contributed by atoms with Gasteiger partial charge < -0.3 is 5.32 Å². The number of amidine groups is 1. The summed E-state index contributed by atoms with van der Waals surface area (Å²) in [7, 11) is 0. The Morgan fingerprint density at radius 1 is 1.12 bits per heavy atom. The third-order valence-corrected chi connectivity index (χ3v) is 5.36. The molecule has 1 N–H and O–H groups in total. The van der Waals surface area contributed by atoms with Crippen LogP contribution in [-0.4, -0.2) is 23.5 Å². The summed E-state index contributed by atoms with van der Waals surface area (Å²) in [6.07, 6.45) is 5.29. The monoisotopic (exact) mass is 254 g/mol. The lowest BCUT2D eigenvalue weighted by Crippen LogP contribution is -2.40. The fourth-order valence-electron chi connectivity index (χ4n) is 2.45. The minimum Gasteiger partial charge on any atom is -0.362 e. The molecule has 2 nitrogen and oxygen atoms in total. The number of aliphatic imine (C=N–C) groups is 1. The molecule has 0 aromatic rings. The van der Waals surface area contributed by atoms with Gasteiger partial charge in [-0.15, -0.1) is 0 Å². The summed E-state index contributed by atoms with van der Waals surface area (Å²) >= 11 is 1.90. The zero-order chi connectivity index (χ0) is 12.5. The van der Waals surface area contributed by atoms with Gasteiger partial charge in [0.25, 0.3) is 0 Å². The van der Waals surface area contributed by atoms with Crippen molar-refractivity contribution in [3.63, 3.8) is 0 Å². The first-order chi connectivity index (χ1) is 7.86. The maximum Gasteiger partial charge on any atom is 0.156 e. The van der Waals surface area contributed by atoms with Gasteiger partial charge in [0.2, 0.25) is 0 Å². The second kappa shape index (κ2) is 4.83. The highest BCUT2D eigenvalue weighted by atomic mass is 32.2. The number of nitrogens with one attached hydrogen (secondary N) is 1. The Labute approximate surface area is 110 Å². The zero-order valence-corrected chi connectivity index (χ0v) is 12.5. The van der Waals surface area contributed by atoms with E-state index >= 15 is 0 Å². The van der Waals surface area contributed by atoms with Crippen molar-refractivity contribution in [1.29, 1.82) is 0 Å². The molecule has 3 heteroatoms. The fraction of sp³-hybridized carbons (Fsp3) is 0.929. The van der Waals surface area contributed by atoms with Crippen LogP contribution in [0.4, 0.5) is 0 Å². The largest absolute Gasteiger partial charge is 0.362 e. The molecule has 0 atom stereocenters. The number of rotatable bonds is 1. The first-order valence-corrected chi connectivity index (χ1v) is 7.79. The molecular weight excluding hydrogens is 228 g/mol. The molecule has 1 heterocycles. The molecule has 0 spiro atoms. The Kier molecular flexibility index (Phi) is 3.77. The molecule has 1 saturated carbocycles. The predicted molar refractivity (Wildman–Crippen MR) is 77.7 cm³/mol. The van der Waals surface area contributed by atoms with E-state index in [0.29, 0.717) is 16.9 Å². The summed E-state index contributed by atoms with van der Waals surface area (Å²) in [5, 5.41) is 4.84. The Morgan fingerprint density at radius 2 is 1.76 bits per heavy atom. The summed E-state index contributed by atoms with van der Waals surface area (Å²) in [4.78, 5) is 4.68. The van der Waals surface area contributed by atoms with Crippen LogP contribution in [-0.2, 0) is 0 Å². The second-order valence-electron chi connectivity index (χ2n) is 7.16. The van der Waals surface area contributed by atoms with Gasteiger partial charge in [-0.1, -0.05) is 39.5 Å². The van der Waals surface area contributed by atoms with Gasteiger partial charge in [0, 0.05) is 18.3 Å². The third-order valence-electron chi connectivity index (χ3n) is 3.92. The van der Waals surface area contributed by atoms with Gasteiger partial charge in [-0.25, -0.2) is 0 Å². The minimum absolute atomic E-state index is 0.379. The van der Waals surface area contributed by atoms with Crippen LogP contribution < -0.4 is 5.32 Å². The Balaban J connectivity index is 1.81. The lowest BCUT2D eigenvalue weighted by molar-refractivity contribution is 0.217. The highest BCUT2D eigenvalue weighted by Crippen LogP contribution is 2.35. The van der Waals surface area contributed by atoms with Crippen LogP contribution in [0.2, 0.25) is 0 Å². The molecule has 2 rings (SSSR count). The van der Waals surface area contributed by atoms with Crippen molar-refractivity contribution < 1.29 is 0 Å². The highest BCUT2D eigenvalue weighted by molar-refractivity contribution is 8.13. The molecule has 0 aromatic heterocycles. The Bertz CT molecular complexity index is 297. The van der Waals surface area contributed by atoms with Gasteiger partial charge >= 0.3 is 0 Å². The van der Waals surface area contributed by atoms with E-state index in [4.69, 9.17) is 0 Å². The average Bonchev–Trinajstić information content (AvgIpc) is 2.24. The van der Waals surface area contributed by atoms with E-state index in [1.165, 1.54) is 36.6 Å². The molecule has 17 heavy (non-hydrogen) atoms. The molecule has 0 saturated heterocycles. The molecule has 0 bridgehead atoms. The van der Waals surface area contributed by atoms with Crippen molar-refractivity contribution >= 4 is 16.9 Å². The number of hydrogen-bond donors (Lipinski definition) is 1. The minimum atomic E-state index is 0.379. The van der Waals surface area contributed by atoms with E-state index in [1.54, 1.807) is 0 Å². The normalized spacial score (nSPS) is 28.6. The second-order valence-corrected chi connectivity index (χ2v) is 8.12. The zero-order valence-electron chi connectivity index (χ0n) is 11.7. The molecule has 1 aliphatic heterocycles. The van der Waals surface area contributed by atoms with E-state index in [1.807, 2.05) is 11.8 Å². The quantitative estimate of drug-likeness (QED) is 0.772. The molecular formula is C14H26N2S. The van der Waals surface area contributed by atoms with E-state index in [0.717, 1.165) is 6.54 Å². The van der Waals surface area contributed by atoms with Crippen LogP contribution in [0.3, 0.4) is 0 Å². The highest BCUT2D eigenvalue weighted by Gasteiger charge is 2.29. The summed E-state index contributed by atoms with van der Waals surface area (Å²) < 4.78 is 0. The van der Waals surface area contributed by atoms with Gasteiger partial charge in [0.05, 0.1) is 0 Å². The van der Waals surface area contributed by atoms with Crippen molar-refractivity contribution in [3.05, 3.63) is 0 Å². The molecule has 98 valence electrons. The average molecular weight is 254 g/mol. The lowest BCUT2D eigenvalue weighted by Gasteiger charge is -2.36. The van der Waals surface area contributed by atoms with E-state index < -0.39 is 0 Å². The molecule has 1 aliphatic carbocycles. The first kappa shape index (κ1) is 13.3. The van der Waals surface area contributed by atoms with Crippen LogP contribution in [0.1, 0.15) is 53.4 Å². The van der Waals surface area contributed by atoms with Crippen LogP contribution in [0.25, 0.3) is 0 Å². The topological polar surface area (TPSA) is 24.4 Å². The van der Waals surface area contributed by atoms with Gasteiger partial charge in [0.1, 0.15) is 0 Å². The van der Waals surface area contributed by atoms with Gasteiger partial charge in [0.15, 0.2) is 5.17 Å². The number of thioether (sulfide) groups is 1. The van der Waals surface area contributed by atoms with Gasteiger partial charge in [-0.05, 0) is 36.5 Å². The van der Waals surface area contributed by atoms with Crippen LogP contribution in [0.5, 0.6) is 0 Å². The van der Waals surface area contributed by atoms with Crippen LogP contribution >= 0.6 is 11.8 Å². The van der Waals surface area contributed by atoms with Gasteiger partial charge in [-0.3, -0.25) is 4.99 Å². The lowest BCUT2D eigenvalue weighted by atomic mass is 9.76. The predicted octanol–water partition coefficient (Wildman–Crippen LogP) is 3.67. The van der Waals surface area contributed by atoms with E-state index in [2.05, 4.69) is 38.0 Å². The molecule has 2 aliphatic rings. The maximum atomic E-state index is 4.68. The standard InChI is InChI=1S/C14H26N2S/c1-13(2)7-5-11(6-8-13)16-12-15-9-14(3,4)10-17-12/h11H,5-10H2,1-4H3,(H,15,16). The summed E-state index contributed by atoms with van der Waals surface area (Å²) in [5.41, 5.74) is 0.937. The Morgan fingerprint density at radius 3 is 2.29 bits per heavy atom. The van der Waals surface area contributed by atoms with Crippen molar-refractivity contribution in [1.82, 2.24) is 5.32 Å². The van der Waals surface area contributed by atoms with E-state index in [9.17, 15) is 0 Å². The molecule has 0 unspecified atom stereocenters. The fourth-order valence-corrected chi connectivity index (χ4v) is 3.47. The Hall–Kier alpha value is -0.180. The summed E-state index contributed by atoms with van der Waals surface area (Å²) in [6.45, 7) is 10.3. The van der Waals surface area contributed by atoms with Crippen LogP contribution in [0, 0.1) is 10.8 Å². The SMILES string of the molecule is CC1(C)CCC(NC2=NCC(C)(C)CS2)CC1. The third kappa shape index (κ3) is 3.90. The summed E-state index contributed by atoms with van der Waals surface area (Å²) in [5.74, 6) is 1.19. The van der Waals surface area contributed by atoms with Crippen molar-refractivity contribution in [2.45, 2.75) is 59.4 Å². The number of nitrogens with zero attached hydrogens (tertiary/aromatic N) is 1. The molecule has 0 amide bonds. The van der Waals surface area contributed by atoms with Crippen LogP contribution in [0.15, 0.2) is 4.99 Å². The van der Waals surface area contributed by atoms with Crippen molar-refractivity contribution in [3.8, 4) is 0 Å². The molecule has 0 aromatic carbocycles. The van der Waals surface area contributed by atoms with Crippen molar-refractivity contribution in [2.75, 3.05) is 12.3 Å². The summed E-state index contributed by atoms with van der Waals surface area (Å²) in [6, 6.07) is 0.662. The molecule has 0 radical (unpaired) electrons. The van der Waals surface area contributed by atoms with Crippen molar-refractivity contribution in [2.24, 2.45) is 15.8 Å². The van der Waals surface area contributed by atoms with Gasteiger partial charge in [-0.2, -0.15) is 0 Å². The smallest absolute Gasteiger partial charge is 0.156 e. The molecule has 1 fully saturated rings. The van der Waals surface area contributed by atoms with E-state index in [-0.39, 0.29) is 0 Å². The number of hydrogen-bond acceptors (Lipinski definition) is 3.